The Morgan fingerprint density at radius 3 is 2.94 bits per heavy atom. The highest BCUT2D eigenvalue weighted by Crippen LogP contribution is 2.25. The zero-order chi connectivity index (χ0) is 11.7. The van der Waals surface area contributed by atoms with E-state index >= 15 is 0 Å². The number of aliphatic carboxylic acids is 1. The smallest absolute Gasteiger partial charge is 0.309 e. The van der Waals surface area contributed by atoms with Gasteiger partial charge in [0.05, 0.1) is 22.7 Å². The van der Waals surface area contributed by atoms with Crippen molar-refractivity contribution in [1.82, 2.24) is 4.98 Å². The molecule has 2 aromatic rings. The number of rotatable bonds is 2. The van der Waals surface area contributed by atoms with E-state index in [2.05, 4.69) is 4.98 Å². The lowest BCUT2D eigenvalue weighted by molar-refractivity contribution is -0.136. The predicted molar refractivity (Wildman–Crippen MR) is 62.8 cm³/mol. The Morgan fingerprint density at radius 2 is 2.25 bits per heavy atom. The van der Waals surface area contributed by atoms with E-state index < -0.39 is 5.97 Å². The fourth-order valence-corrected chi connectivity index (χ4v) is 1.92. The second-order valence-electron chi connectivity index (χ2n) is 3.64. The molecule has 0 unspecified atom stereocenters. The average molecular weight is 236 g/mol. The van der Waals surface area contributed by atoms with Crippen LogP contribution in [0.15, 0.2) is 24.3 Å². The third-order valence-corrected chi connectivity index (χ3v) is 2.69. The largest absolute Gasteiger partial charge is 0.481 e. The maximum atomic E-state index is 10.6. The van der Waals surface area contributed by atoms with E-state index in [4.69, 9.17) is 16.7 Å². The molecule has 0 aliphatic rings. The Balaban J connectivity index is 2.65. The molecule has 1 N–H and O–H groups in total. The molecule has 2 rings (SSSR count). The molecule has 16 heavy (non-hydrogen) atoms. The number of aromatic nitrogens is 1. The zero-order valence-corrected chi connectivity index (χ0v) is 9.45. The number of fused-ring (bicyclic) bond motifs is 1. The Bertz CT molecular complexity index is 566. The van der Waals surface area contributed by atoms with E-state index in [1.807, 2.05) is 25.1 Å². The van der Waals surface area contributed by atoms with Crippen LogP contribution in [0.4, 0.5) is 0 Å². The van der Waals surface area contributed by atoms with Gasteiger partial charge in [0.25, 0.3) is 0 Å². The summed E-state index contributed by atoms with van der Waals surface area (Å²) in [5.41, 5.74) is 2.25. The minimum Gasteiger partial charge on any atom is -0.481 e. The first-order valence-electron chi connectivity index (χ1n) is 4.84. The summed E-state index contributed by atoms with van der Waals surface area (Å²) in [6, 6.07) is 7.32. The second kappa shape index (κ2) is 4.10. The van der Waals surface area contributed by atoms with E-state index in [0.717, 1.165) is 16.5 Å². The first-order chi connectivity index (χ1) is 7.58. The lowest BCUT2D eigenvalue weighted by atomic mass is 10.1. The maximum absolute atomic E-state index is 10.6. The number of halogens is 1. The summed E-state index contributed by atoms with van der Waals surface area (Å²) >= 11 is 6.08. The maximum Gasteiger partial charge on any atom is 0.309 e. The number of benzene rings is 1. The van der Waals surface area contributed by atoms with Crippen LogP contribution in [-0.2, 0) is 11.2 Å². The van der Waals surface area contributed by atoms with E-state index in [1.54, 1.807) is 6.07 Å². The van der Waals surface area contributed by atoms with Crippen molar-refractivity contribution in [3.8, 4) is 0 Å². The molecule has 0 bridgehead atoms. The topological polar surface area (TPSA) is 50.2 Å². The molecular weight excluding hydrogens is 226 g/mol. The molecule has 0 atom stereocenters. The van der Waals surface area contributed by atoms with Gasteiger partial charge in [-0.2, -0.15) is 0 Å². The molecule has 3 nitrogen and oxygen atoms in total. The van der Waals surface area contributed by atoms with Crippen LogP contribution >= 0.6 is 11.6 Å². The van der Waals surface area contributed by atoms with Crippen LogP contribution in [0.5, 0.6) is 0 Å². The Morgan fingerprint density at radius 1 is 1.50 bits per heavy atom. The average Bonchev–Trinajstić information content (AvgIpc) is 2.19. The molecule has 0 aliphatic carbocycles. The number of pyridine rings is 1. The summed E-state index contributed by atoms with van der Waals surface area (Å²) in [5, 5.41) is 10.1. The van der Waals surface area contributed by atoms with Gasteiger partial charge in [-0.25, -0.2) is 0 Å². The van der Waals surface area contributed by atoms with E-state index in [-0.39, 0.29) is 6.42 Å². The van der Waals surface area contributed by atoms with Crippen LogP contribution in [0.2, 0.25) is 5.02 Å². The van der Waals surface area contributed by atoms with Crippen LogP contribution in [-0.4, -0.2) is 16.1 Å². The molecule has 0 fully saturated rings. The Labute approximate surface area is 97.7 Å². The van der Waals surface area contributed by atoms with Gasteiger partial charge in [-0.05, 0) is 18.6 Å². The second-order valence-corrected chi connectivity index (χ2v) is 4.04. The number of carbonyl (C=O) groups is 1. The number of hydrogen-bond acceptors (Lipinski definition) is 2. The van der Waals surface area contributed by atoms with Crippen LogP contribution in [0, 0.1) is 6.92 Å². The van der Waals surface area contributed by atoms with E-state index in [1.165, 1.54) is 0 Å². The summed E-state index contributed by atoms with van der Waals surface area (Å²) in [7, 11) is 0. The van der Waals surface area contributed by atoms with Gasteiger partial charge in [0, 0.05) is 5.39 Å². The third-order valence-electron chi connectivity index (χ3n) is 2.38. The molecule has 4 heteroatoms. The van der Waals surface area contributed by atoms with Crippen molar-refractivity contribution in [3.63, 3.8) is 0 Å². The molecule has 0 aliphatic heterocycles. The molecule has 82 valence electrons. The number of carboxylic acid groups (broad SMARTS) is 1. The van der Waals surface area contributed by atoms with Gasteiger partial charge >= 0.3 is 5.97 Å². The Hall–Kier alpha value is -1.61. The molecule has 1 aromatic carbocycles. The monoisotopic (exact) mass is 235 g/mol. The summed E-state index contributed by atoms with van der Waals surface area (Å²) in [6.45, 7) is 1.93. The van der Waals surface area contributed by atoms with Gasteiger partial charge in [-0.15, -0.1) is 0 Å². The van der Waals surface area contributed by atoms with Crippen molar-refractivity contribution < 1.29 is 9.90 Å². The molecule has 1 heterocycles. The summed E-state index contributed by atoms with van der Waals surface area (Å²) in [4.78, 5) is 14.9. The standard InChI is InChI=1S/C12H10ClNO2/c1-7-3-2-4-9-10(13)5-8(6-11(15)16)14-12(7)9/h2-5H,6H2,1H3,(H,15,16). The highest BCUT2D eigenvalue weighted by Gasteiger charge is 2.08. The van der Waals surface area contributed by atoms with Crippen molar-refractivity contribution in [3.05, 3.63) is 40.5 Å². The Kier molecular flexibility index (Phi) is 2.79. The highest BCUT2D eigenvalue weighted by molar-refractivity contribution is 6.35. The quantitative estimate of drug-likeness (QED) is 0.871. The number of nitrogens with zero attached hydrogens (tertiary/aromatic N) is 1. The summed E-state index contributed by atoms with van der Waals surface area (Å²) in [5.74, 6) is -0.906. The van der Waals surface area contributed by atoms with Gasteiger partial charge in [0.1, 0.15) is 0 Å². The fourth-order valence-electron chi connectivity index (χ4n) is 1.65. The number of carboxylic acids is 1. The number of para-hydroxylation sites is 1. The van der Waals surface area contributed by atoms with E-state index in [0.29, 0.717) is 10.7 Å². The predicted octanol–water partition coefficient (Wildman–Crippen LogP) is 2.82. The normalized spacial score (nSPS) is 10.6. The molecular formula is C12H10ClNO2. The number of aryl methyl sites for hydroxylation is 1. The first-order valence-corrected chi connectivity index (χ1v) is 5.22. The SMILES string of the molecule is Cc1cccc2c(Cl)cc(CC(=O)O)nc12. The van der Waals surface area contributed by atoms with Gasteiger partial charge < -0.3 is 5.11 Å². The van der Waals surface area contributed by atoms with Crippen molar-refractivity contribution in [2.24, 2.45) is 0 Å². The third kappa shape index (κ3) is 1.99. The molecule has 0 spiro atoms. The summed E-state index contributed by atoms with van der Waals surface area (Å²) < 4.78 is 0. The van der Waals surface area contributed by atoms with Crippen LogP contribution < -0.4 is 0 Å². The minimum absolute atomic E-state index is 0.107. The van der Waals surface area contributed by atoms with Crippen molar-refractivity contribution in [1.29, 1.82) is 0 Å². The van der Waals surface area contributed by atoms with Crippen molar-refractivity contribution >= 4 is 28.5 Å². The minimum atomic E-state index is -0.906. The molecule has 1 aromatic heterocycles. The first kappa shape index (κ1) is 10.9. The fraction of sp³-hybridized carbons (Fsp3) is 0.167. The van der Waals surface area contributed by atoms with Gasteiger partial charge in [-0.3, -0.25) is 9.78 Å². The molecule has 0 saturated carbocycles. The van der Waals surface area contributed by atoms with Crippen LogP contribution in [0.3, 0.4) is 0 Å². The van der Waals surface area contributed by atoms with Crippen LogP contribution in [0.1, 0.15) is 11.3 Å². The highest BCUT2D eigenvalue weighted by atomic mass is 35.5. The molecule has 0 saturated heterocycles. The van der Waals surface area contributed by atoms with Crippen molar-refractivity contribution in [2.45, 2.75) is 13.3 Å². The van der Waals surface area contributed by atoms with Gasteiger partial charge in [0.15, 0.2) is 0 Å². The van der Waals surface area contributed by atoms with Crippen LogP contribution in [0.25, 0.3) is 10.9 Å². The summed E-state index contributed by atoms with van der Waals surface area (Å²) in [6.07, 6.45) is -0.107. The molecule has 0 amide bonds. The number of hydrogen-bond donors (Lipinski definition) is 1. The van der Waals surface area contributed by atoms with Crippen molar-refractivity contribution in [2.75, 3.05) is 0 Å². The zero-order valence-electron chi connectivity index (χ0n) is 8.70. The lowest BCUT2D eigenvalue weighted by Crippen LogP contribution is -2.02. The van der Waals surface area contributed by atoms with E-state index in [9.17, 15) is 4.79 Å². The molecule has 0 radical (unpaired) electrons. The van der Waals surface area contributed by atoms with Gasteiger partial charge in [-0.1, -0.05) is 29.8 Å². The lowest BCUT2D eigenvalue weighted by Gasteiger charge is -2.05. The van der Waals surface area contributed by atoms with Gasteiger partial charge in [0.2, 0.25) is 0 Å².